The lowest BCUT2D eigenvalue weighted by molar-refractivity contribution is 0.0718. The average Bonchev–Trinajstić information content (AvgIpc) is 3.30. The molecule has 0 fully saturated rings. The zero-order chi connectivity index (χ0) is 18.8. The van der Waals surface area contributed by atoms with Gasteiger partial charge < -0.3 is 14.3 Å². The molecule has 0 aliphatic rings. The maximum Gasteiger partial charge on any atom is 0.254 e. The summed E-state index contributed by atoms with van der Waals surface area (Å²) in [6, 6.07) is 19.6. The number of fused-ring (bicyclic) bond motifs is 1. The van der Waals surface area contributed by atoms with Crippen molar-refractivity contribution in [3.63, 3.8) is 0 Å². The number of benzene rings is 2. The molecule has 0 bridgehead atoms. The molecule has 2 aromatic carbocycles. The van der Waals surface area contributed by atoms with Crippen molar-refractivity contribution in [2.75, 3.05) is 0 Å². The monoisotopic (exact) mass is 358 g/mol. The van der Waals surface area contributed by atoms with Crippen LogP contribution in [-0.4, -0.2) is 15.8 Å². The molecule has 2 heterocycles. The second-order valence-electron chi connectivity index (χ2n) is 6.86. The summed E-state index contributed by atoms with van der Waals surface area (Å²) in [5.41, 5.74) is 5.15. The molecule has 1 N–H and O–H groups in total. The van der Waals surface area contributed by atoms with Crippen LogP contribution in [0.1, 0.15) is 32.9 Å². The number of H-pyrrole nitrogens is 1. The van der Waals surface area contributed by atoms with Crippen LogP contribution in [0.15, 0.2) is 71.3 Å². The Morgan fingerprint density at radius 3 is 2.56 bits per heavy atom. The Hall–Kier alpha value is -3.27. The Labute approximate surface area is 158 Å². The number of hydrogen-bond donors (Lipinski definition) is 1. The van der Waals surface area contributed by atoms with Crippen LogP contribution in [0.2, 0.25) is 0 Å². The Morgan fingerprint density at radius 1 is 1.00 bits per heavy atom. The fraction of sp³-hybridized carbons (Fsp3) is 0.174. The minimum Gasteiger partial charge on any atom is -0.467 e. The number of carbonyl (C=O) groups excluding carboxylic acids is 1. The molecule has 0 saturated heterocycles. The van der Waals surface area contributed by atoms with E-state index in [1.165, 1.54) is 5.56 Å². The van der Waals surface area contributed by atoms with E-state index in [4.69, 9.17) is 4.42 Å². The predicted molar refractivity (Wildman–Crippen MR) is 107 cm³/mol. The van der Waals surface area contributed by atoms with Crippen LogP contribution < -0.4 is 0 Å². The van der Waals surface area contributed by atoms with Crippen molar-refractivity contribution < 1.29 is 9.21 Å². The first-order chi connectivity index (χ1) is 13.1. The lowest BCUT2D eigenvalue weighted by atomic mass is 10.1. The lowest BCUT2D eigenvalue weighted by Gasteiger charge is -2.22. The van der Waals surface area contributed by atoms with Crippen molar-refractivity contribution in [3.8, 4) is 0 Å². The number of nitrogens with one attached hydrogen (secondary N) is 1. The van der Waals surface area contributed by atoms with Crippen molar-refractivity contribution in [2.24, 2.45) is 0 Å². The van der Waals surface area contributed by atoms with Gasteiger partial charge in [-0.25, -0.2) is 0 Å². The van der Waals surface area contributed by atoms with Gasteiger partial charge in [-0.3, -0.25) is 4.79 Å². The second kappa shape index (κ2) is 7.16. The maximum absolute atomic E-state index is 13.3. The van der Waals surface area contributed by atoms with Crippen molar-refractivity contribution in [2.45, 2.75) is 26.9 Å². The van der Waals surface area contributed by atoms with E-state index in [2.05, 4.69) is 18.8 Å². The third-order valence-corrected chi connectivity index (χ3v) is 4.99. The average molecular weight is 358 g/mol. The number of hydrogen-bond acceptors (Lipinski definition) is 2. The highest BCUT2D eigenvalue weighted by atomic mass is 16.3. The molecule has 0 unspecified atom stereocenters. The topological polar surface area (TPSA) is 49.2 Å². The first-order valence-electron chi connectivity index (χ1n) is 9.06. The first-order valence-corrected chi connectivity index (χ1v) is 9.06. The molecule has 0 radical (unpaired) electrons. The first kappa shape index (κ1) is 17.2. The highest BCUT2D eigenvalue weighted by molar-refractivity contribution is 5.99. The Bertz CT molecular complexity index is 1060. The standard InChI is InChI=1S/C23H22N2O2/c1-16-17(2)24-22-11-10-19(13-21(16)22)23(26)25(15-20-9-6-12-27-20)14-18-7-4-3-5-8-18/h3-13,24H,14-15H2,1-2H3. The SMILES string of the molecule is Cc1[nH]c2ccc(C(=O)N(Cc3ccccc3)Cc3ccco3)cc2c1C. The molecule has 1 amide bonds. The fourth-order valence-corrected chi connectivity index (χ4v) is 3.37. The number of nitrogens with zero attached hydrogens (tertiary/aromatic N) is 1. The van der Waals surface area contributed by atoms with Gasteiger partial charge in [-0.1, -0.05) is 30.3 Å². The van der Waals surface area contributed by atoms with Gasteiger partial charge in [0.1, 0.15) is 5.76 Å². The molecule has 0 atom stereocenters. The molecular weight excluding hydrogens is 336 g/mol. The summed E-state index contributed by atoms with van der Waals surface area (Å²) in [6.45, 7) is 5.09. The van der Waals surface area contributed by atoms with Gasteiger partial charge in [0.25, 0.3) is 5.91 Å². The van der Waals surface area contributed by atoms with Crippen LogP contribution in [0, 0.1) is 13.8 Å². The zero-order valence-corrected chi connectivity index (χ0v) is 15.5. The van der Waals surface area contributed by atoms with Crippen LogP contribution in [-0.2, 0) is 13.1 Å². The second-order valence-corrected chi connectivity index (χ2v) is 6.86. The smallest absolute Gasteiger partial charge is 0.254 e. The number of carbonyl (C=O) groups is 1. The van der Waals surface area contributed by atoms with Gasteiger partial charge in [-0.05, 0) is 55.3 Å². The minimum atomic E-state index is -0.00425. The molecular formula is C23H22N2O2. The highest BCUT2D eigenvalue weighted by Crippen LogP contribution is 2.24. The predicted octanol–water partition coefficient (Wildman–Crippen LogP) is 5.22. The summed E-state index contributed by atoms with van der Waals surface area (Å²) in [7, 11) is 0. The van der Waals surface area contributed by atoms with Gasteiger partial charge in [-0.15, -0.1) is 0 Å². The third kappa shape index (κ3) is 3.51. The molecule has 4 aromatic rings. The number of aryl methyl sites for hydroxylation is 2. The number of amides is 1. The molecule has 0 saturated carbocycles. The summed E-state index contributed by atoms with van der Waals surface area (Å²) in [6.07, 6.45) is 1.64. The van der Waals surface area contributed by atoms with Crippen LogP contribution in [0.5, 0.6) is 0 Å². The van der Waals surface area contributed by atoms with E-state index in [0.717, 1.165) is 27.9 Å². The van der Waals surface area contributed by atoms with Gasteiger partial charge in [0.15, 0.2) is 0 Å². The van der Waals surface area contributed by atoms with Gasteiger partial charge in [0.05, 0.1) is 12.8 Å². The largest absolute Gasteiger partial charge is 0.467 e. The number of rotatable bonds is 5. The van der Waals surface area contributed by atoms with Gasteiger partial charge in [0, 0.05) is 28.7 Å². The van der Waals surface area contributed by atoms with Crippen LogP contribution >= 0.6 is 0 Å². The van der Waals surface area contributed by atoms with Gasteiger partial charge >= 0.3 is 0 Å². The van der Waals surface area contributed by atoms with E-state index in [0.29, 0.717) is 18.7 Å². The molecule has 4 rings (SSSR count). The summed E-state index contributed by atoms with van der Waals surface area (Å²) in [5.74, 6) is 0.768. The molecule has 4 heteroatoms. The molecule has 0 aliphatic carbocycles. The lowest BCUT2D eigenvalue weighted by Crippen LogP contribution is -2.30. The van der Waals surface area contributed by atoms with Crippen LogP contribution in [0.4, 0.5) is 0 Å². The molecule has 4 nitrogen and oxygen atoms in total. The van der Waals surface area contributed by atoms with Gasteiger partial charge in [-0.2, -0.15) is 0 Å². The number of furan rings is 1. The zero-order valence-electron chi connectivity index (χ0n) is 15.5. The van der Waals surface area contributed by atoms with E-state index in [1.807, 2.05) is 65.6 Å². The number of aromatic amines is 1. The van der Waals surface area contributed by atoms with Crippen molar-refractivity contribution in [3.05, 3.63) is 95.1 Å². The summed E-state index contributed by atoms with van der Waals surface area (Å²) in [4.78, 5) is 18.5. The van der Waals surface area contributed by atoms with Crippen molar-refractivity contribution >= 4 is 16.8 Å². The fourth-order valence-electron chi connectivity index (χ4n) is 3.37. The van der Waals surface area contributed by atoms with E-state index >= 15 is 0 Å². The Morgan fingerprint density at radius 2 is 1.81 bits per heavy atom. The molecule has 0 spiro atoms. The maximum atomic E-state index is 13.3. The molecule has 27 heavy (non-hydrogen) atoms. The Balaban J connectivity index is 1.67. The highest BCUT2D eigenvalue weighted by Gasteiger charge is 2.19. The summed E-state index contributed by atoms with van der Waals surface area (Å²) >= 11 is 0. The van der Waals surface area contributed by atoms with Crippen LogP contribution in [0.3, 0.4) is 0 Å². The quantitative estimate of drug-likeness (QED) is 0.532. The summed E-state index contributed by atoms with van der Waals surface area (Å²) in [5, 5.41) is 1.09. The summed E-state index contributed by atoms with van der Waals surface area (Å²) < 4.78 is 5.48. The molecule has 136 valence electrons. The molecule has 2 aromatic heterocycles. The number of aromatic nitrogens is 1. The van der Waals surface area contributed by atoms with E-state index in [1.54, 1.807) is 6.26 Å². The van der Waals surface area contributed by atoms with E-state index in [-0.39, 0.29) is 5.91 Å². The third-order valence-electron chi connectivity index (χ3n) is 4.99. The van der Waals surface area contributed by atoms with Gasteiger partial charge in [0.2, 0.25) is 0 Å². The van der Waals surface area contributed by atoms with E-state index < -0.39 is 0 Å². The minimum absolute atomic E-state index is 0.00425. The Kier molecular flexibility index (Phi) is 4.55. The van der Waals surface area contributed by atoms with Crippen LogP contribution in [0.25, 0.3) is 10.9 Å². The van der Waals surface area contributed by atoms with E-state index in [9.17, 15) is 4.79 Å². The van der Waals surface area contributed by atoms with Crippen molar-refractivity contribution in [1.29, 1.82) is 0 Å². The molecule has 0 aliphatic heterocycles. The normalized spacial score (nSPS) is 11.0. The van der Waals surface area contributed by atoms with Crippen molar-refractivity contribution in [1.82, 2.24) is 9.88 Å².